The Labute approximate surface area is 128 Å². The molecular weight excluding hydrogens is 262 g/mol. The van der Waals surface area contributed by atoms with Crippen molar-refractivity contribution in [2.75, 3.05) is 13.1 Å². The van der Waals surface area contributed by atoms with Gasteiger partial charge in [0.15, 0.2) is 5.84 Å². The Bertz CT molecular complexity index is 471. The Morgan fingerprint density at radius 2 is 1.76 bits per heavy atom. The molecule has 0 unspecified atom stereocenters. The molecule has 118 valence electrons. The fourth-order valence-corrected chi connectivity index (χ4v) is 2.57. The molecule has 1 aromatic rings. The summed E-state index contributed by atoms with van der Waals surface area (Å²) in [5, 5.41) is 11.8. The first-order chi connectivity index (χ1) is 9.83. The molecule has 4 heteroatoms. The molecule has 0 amide bonds. The van der Waals surface area contributed by atoms with E-state index in [0.717, 1.165) is 25.2 Å². The van der Waals surface area contributed by atoms with Crippen molar-refractivity contribution in [3.8, 4) is 0 Å². The summed E-state index contributed by atoms with van der Waals surface area (Å²) in [6.07, 6.45) is 0. The van der Waals surface area contributed by atoms with Crippen LogP contribution in [0.3, 0.4) is 0 Å². The summed E-state index contributed by atoms with van der Waals surface area (Å²) in [4.78, 5) is 2.50. The van der Waals surface area contributed by atoms with Gasteiger partial charge in [0.1, 0.15) is 0 Å². The summed E-state index contributed by atoms with van der Waals surface area (Å²) in [5.74, 6) is 1.46. The van der Waals surface area contributed by atoms with Gasteiger partial charge in [-0.15, -0.1) is 0 Å². The number of benzene rings is 1. The second kappa shape index (κ2) is 8.03. The molecule has 0 heterocycles. The summed E-state index contributed by atoms with van der Waals surface area (Å²) in [7, 11) is 0. The van der Waals surface area contributed by atoms with E-state index in [2.05, 4.69) is 50.7 Å². The fourth-order valence-electron chi connectivity index (χ4n) is 2.57. The van der Waals surface area contributed by atoms with Crippen molar-refractivity contribution in [1.82, 2.24) is 4.90 Å². The Morgan fingerprint density at radius 3 is 2.19 bits per heavy atom. The Morgan fingerprint density at radius 1 is 1.19 bits per heavy atom. The van der Waals surface area contributed by atoms with Crippen LogP contribution in [0, 0.1) is 18.8 Å². The van der Waals surface area contributed by atoms with E-state index in [1.165, 1.54) is 11.1 Å². The minimum absolute atomic E-state index is 0.158. The molecule has 0 aromatic heterocycles. The van der Waals surface area contributed by atoms with Crippen molar-refractivity contribution in [2.45, 2.75) is 41.2 Å². The third-order valence-electron chi connectivity index (χ3n) is 3.39. The average Bonchev–Trinajstić information content (AvgIpc) is 2.38. The second-order valence-corrected chi connectivity index (χ2v) is 6.61. The highest BCUT2D eigenvalue weighted by Gasteiger charge is 2.12. The minimum atomic E-state index is 0.158. The van der Waals surface area contributed by atoms with E-state index >= 15 is 0 Å². The second-order valence-electron chi connectivity index (χ2n) is 6.61. The molecular formula is C17H29N3O. The quantitative estimate of drug-likeness (QED) is 0.351. The Hall–Kier alpha value is -1.55. The van der Waals surface area contributed by atoms with Gasteiger partial charge >= 0.3 is 0 Å². The van der Waals surface area contributed by atoms with Crippen molar-refractivity contribution in [2.24, 2.45) is 22.7 Å². The largest absolute Gasteiger partial charge is 0.409 e. The van der Waals surface area contributed by atoms with Crippen LogP contribution in [0.25, 0.3) is 0 Å². The maximum absolute atomic E-state index is 8.75. The zero-order valence-corrected chi connectivity index (χ0v) is 13.9. The molecule has 0 aliphatic rings. The van der Waals surface area contributed by atoms with Gasteiger partial charge in [-0.1, -0.05) is 45.0 Å². The van der Waals surface area contributed by atoms with E-state index in [-0.39, 0.29) is 5.84 Å². The van der Waals surface area contributed by atoms with Crippen molar-refractivity contribution in [1.29, 1.82) is 0 Å². The molecule has 1 aromatic carbocycles. The van der Waals surface area contributed by atoms with Crippen LogP contribution in [0.15, 0.2) is 23.4 Å². The molecule has 0 radical (unpaired) electrons. The van der Waals surface area contributed by atoms with Gasteiger partial charge in [0.25, 0.3) is 0 Å². The first-order valence-electron chi connectivity index (χ1n) is 7.63. The van der Waals surface area contributed by atoms with Gasteiger partial charge in [0.05, 0.1) is 0 Å². The lowest BCUT2D eigenvalue weighted by Gasteiger charge is -2.27. The van der Waals surface area contributed by atoms with E-state index in [1.807, 2.05) is 12.1 Å². The summed E-state index contributed by atoms with van der Waals surface area (Å²) >= 11 is 0. The van der Waals surface area contributed by atoms with Crippen molar-refractivity contribution in [3.05, 3.63) is 34.9 Å². The monoisotopic (exact) mass is 291 g/mol. The number of oxime groups is 1. The predicted molar refractivity (Wildman–Crippen MR) is 88.6 cm³/mol. The average molecular weight is 291 g/mol. The van der Waals surface area contributed by atoms with Crippen molar-refractivity contribution >= 4 is 5.84 Å². The van der Waals surface area contributed by atoms with E-state index in [0.29, 0.717) is 11.8 Å². The third kappa shape index (κ3) is 5.76. The highest BCUT2D eigenvalue weighted by Crippen LogP contribution is 2.16. The zero-order chi connectivity index (χ0) is 16.0. The van der Waals surface area contributed by atoms with Gasteiger partial charge in [-0.2, -0.15) is 0 Å². The van der Waals surface area contributed by atoms with Crippen LogP contribution >= 0.6 is 0 Å². The van der Waals surface area contributed by atoms with E-state index in [9.17, 15) is 0 Å². The lowest BCUT2D eigenvalue weighted by atomic mass is 10.0. The van der Waals surface area contributed by atoms with E-state index < -0.39 is 0 Å². The minimum Gasteiger partial charge on any atom is -0.409 e. The van der Waals surface area contributed by atoms with Gasteiger partial charge < -0.3 is 10.9 Å². The molecule has 0 atom stereocenters. The Balaban J connectivity index is 2.88. The molecule has 21 heavy (non-hydrogen) atoms. The molecule has 0 spiro atoms. The van der Waals surface area contributed by atoms with Crippen LogP contribution in [0.1, 0.15) is 44.4 Å². The predicted octanol–water partition coefficient (Wildman–Crippen LogP) is 3.20. The molecule has 0 aliphatic heterocycles. The standard InChI is InChI=1S/C17H29N3O/c1-12(2)9-20(10-13(3)4)11-16-7-6-15(8-14(16)5)17(18)19-21/h6-8,12-13,21H,9-11H2,1-5H3,(H2,18,19). The van der Waals surface area contributed by atoms with E-state index in [1.54, 1.807) is 0 Å². The molecule has 0 saturated heterocycles. The maximum Gasteiger partial charge on any atom is 0.170 e. The van der Waals surface area contributed by atoms with Gasteiger partial charge in [0.2, 0.25) is 0 Å². The number of hydrogen-bond donors (Lipinski definition) is 2. The summed E-state index contributed by atoms with van der Waals surface area (Å²) in [6, 6.07) is 5.98. The van der Waals surface area contributed by atoms with Crippen LogP contribution in [-0.4, -0.2) is 29.0 Å². The fraction of sp³-hybridized carbons (Fsp3) is 0.588. The van der Waals surface area contributed by atoms with Crippen LogP contribution in [0.2, 0.25) is 0 Å². The Kier molecular flexibility index (Phi) is 6.69. The van der Waals surface area contributed by atoms with Crippen LogP contribution in [0.5, 0.6) is 0 Å². The van der Waals surface area contributed by atoms with Gasteiger partial charge in [-0.05, 0) is 36.0 Å². The normalized spacial score (nSPS) is 12.7. The SMILES string of the molecule is Cc1cc(/C(N)=N/O)ccc1CN(CC(C)C)CC(C)C. The number of rotatable bonds is 7. The van der Waals surface area contributed by atoms with Crippen molar-refractivity contribution < 1.29 is 5.21 Å². The van der Waals surface area contributed by atoms with Gasteiger partial charge in [-0.3, -0.25) is 4.90 Å². The van der Waals surface area contributed by atoms with Crippen LogP contribution in [0.4, 0.5) is 0 Å². The third-order valence-corrected chi connectivity index (χ3v) is 3.39. The number of nitrogens with two attached hydrogens (primary N) is 1. The number of nitrogens with zero attached hydrogens (tertiary/aromatic N) is 2. The molecule has 1 rings (SSSR count). The smallest absolute Gasteiger partial charge is 0.170 e. The van der Waals surface area contributed by atoms with E-state index in [4.69, 9.17) is 10.9 Å². The number of aryl methyl sites for hydroxylation is 1. The van der Waals surface area contributed by atoms with Gasteiger partial charge in [-0.25, -0.2) is 0 Å². The van der Waals surface area contributed by atoms with Crippen LogP contribution < -0.4 is 5.73 Å². The summed E-state index contributed by atoms with van der Waals surface area (Å²) in [5.41, 5.74) is 8.87. The summed E-state index contributed by atoms with van der Waals surface area (Å²) in [6.45, 7) is 14.2. The first kappa shape index (κ1) is 17.5. The van der Waals surface area contributed by atoms with Gasteiger partial charge in [0, 0.05) is 25.2 Å². The maximum atomic E-state index is 8.75. The first-order valence-corrected chi connectivity index (χ1v) is 7.63. The topological polar surface area (TPSA) is 61.9 Å². The number of hydrogen-bond acceptors (Lipinski definition) is 3. The van der Waals surface area contributed by atoms with Crippen LogP contribution in [-0.2, 0) is 6.54 Å². The highest BCUT2D eigenvalue weighted by molar-refractivity contribution is 5.97. The van der Waals surface area contributed by atoms with Crippen molar-refractivity contribution in [3.63, 3.8) is 0 Å². The number of amidine groups is 1. The molecule has 0 bridgehead atoms. The summed E-state index contributed by atoms with van der Waals surface area (Å²) < 4.78 is 0. The zero-order valence-electron chi connectivity index (χ0n) is 13.9. The highest BCUT2D eigenvalue weighted by atomic mass is 16.4. The molecule has 4 nitrogen and oxygen atoms in total. The molecule has 3 N–H and O–H groups in total. The lowest BCUT2D eigenvalue weighted by Crippen LogP contribution is -2.31. The molecule has 0 saturated carbocycles. The lowest BCUT2D eigenvalue weighted by molar-refractivity contribution is 0.211. The molecule has 0 aliphatic carbocycles. The molecule has 0 fully saturated rings.